The first-order valence-corrected chi connectivity index (χ1v) is 7.71. The van der Waals surface area contributed by atoms with Gasteiger partial charge in [0.05, 0.1) is 6.54 Å². The summed E-state index contributed by atoms with van der Waals surface area (Å²) in [6.45, 7) is 0.446. The molecule has 1 aliphatic rings. The summed E-state index contributed by atoms with van der Waals surface area (Å²) in [6.07, 6.45) is 0. The van der Waals surface area contributed by atoms with Crippen molar-refractivity contribution in [3.8, 4) is 23.0 Å². The monoisotopic (exact) mass is 374 g/mol. The fourth-order valence-corrected chi connectivity index (χ4v) is 2.79. The third-order valence-corrected chi connectivity index (χ3v) is 4.22. The van der Waals surface area contributed by atoms with Gasteiger partial charge in [-0.3, -0.25) is 0 Å². The summed E-state index contributed by atoms with van der Waals surface area (Å²) in [5, 5.41) is 0. The fourth-order valence-electron chi connectivity index (χ4n) is 2.34. The molecule has 0 bridgehead atoms. The summed E-state index contributed by atoms with van der Waals surface area (Å²) < 4.78 is 18.3. The van der Waals surface area contributed by atoms with Crippen molar-refractivity contribution in [2.24, 2.45) is 0 Å². The minimum atomic E-state index is -0.437. The van der Waals surface area contributed by atoms with Crippen LogP contribution in [-0.2, 0) is 6.54 Å². The zero-order chi connectivity index (χ0) is 15.8. The van der Waals surface area contributed by atoms with E-state index < -0.39 is 5.69 Å². The van der Waals surface area contributed by atoms with Crippen molar-refractivity contribution in [2.75, 3.05) is 6.79 Å². The molecule has 0 atom stereocenters. The molecule has 0 N–H and O–H groups in total. The minimum Gasteiger partial charge on any atom is -0.454 e. The highest BCUT2D eigenvalue weighted by Gasteiger charge is 2.18. The van der Waals surface area contributed by atoms with E-state index in [0.717, 1.165) is 15.6 Å². The van der Waals surface area contributed by atoms with Crippen molar-refractivity contribution >= 4 is 15.9 Å². The SMILES string of the molecule is O=c1nc(-c2ccccc2)on1Cc1cc2c(cc1Br)OCO2. The lowest BCUT2D eigenvalue weighted by Gasteiger charge is -2.05. The van der Waals surface area contributed by atoms with Crippen molar-refractivity contribution in [3.63, 3.8) is 0 Å². The van der Waals surface area contributed by atoms with E-state index in [1.807, 2.05) is 42.5 Å². The van der Waals surface area contributed by atoms with Crippen molar-refractivity contribution in [1.82, 2.24) is 9.72 Å². The first-order valence-electron chi connectivity index (χ1n) is 6.92. The Bertz CT molecular complexity index is 918. The molecule has 0 amide bonds. The lowest BCUT2D eigenvalue weighted by Crippen LogP contribution is -2.16. The Hall–Kier alpha value is -2.54. The first-order chi connectivity index (χ1) is 11.2. The van der Waals surface area contributed by atoms with Gasteiger partial charge in [-0.2, -0.15) is 4.98 Å². The Kier molecular flexibility index (Phi) is 3.42. The minimum absolute atomic E-state index is 0.200. The molecule has 1 aromatic heterocycles. The molecule has 0 radical (unpaired) electrons. The molecule has 2 aromatic carbocycles. The van der Waals surface area contributed by atoms with E-state index >= 15 is 0 Å². The van der Waals surface area contributed by atoms with Crippen LogP contribution in [0.1, 0.15) is 5.56 Å². The van der Waals surface area contributed by atoms with Crippen LogP contribution < -0.4 is 15.2 Å². The molecule has 6 nitrogen and oxygen atoms in total. The summed E-state index contributed by atoms with van der Waals surface area (Å²) >= 11 is 3.47. The van der Waals surface area contributed by atoms with Gasteiger partial charge in [-0.15, -0.1) is 4.74 Å². The third kappa shape index (κ3) is 2.63. The van der Waals surface area contributed by atoms with Crippen LogP contribution in [0.2, 0.25) is 0 Å². The number of aromatic nitrogens is 2. The summed E-state index contributed by atoms with van der Waals surface area (Å²) in [4.78, 5) is 16.0. The van der Waals surface area contributed by atoms with Gasteiger partial charge < -0.3 is 14.0 Å². The molecule has 7 heteroatoms. The van der Waals surface area contributed by atoms with E-state index in [4.69, 9.17) is 14.0 Å². The Morgan fingerprint density at radius 1 is 1.13 bits per heavy atom. The average Bonchev–Trinajstić information content (AvgIpc) is 3.15. The molecule has 3 aromatic rings. The largest absolute Gasteiger partial charge is 0.454 e. The van der Waals surface area contributed by atoms with Gasteiger partial charge in [-0.05, 0) is 29.8 Å². The number of fused-ring (bicyclic) bond motifs is 1. The molecule has 0 spiro atoms. The topological polar surface area (TPSA) is 66.5 Å². The Morgan fingerprint density at radius 2 is 1.87 bits per heavy atom. The van der Waals surface area contributed by atoms with E-state index in [1.54, 1.807) is 0 Å². The maximum atomic E-state index is 12.0. The summed E-state index contributed by atoms with van der Waals surface area (Å²) in [5.41, 5.74) is 1.16. The second-order valence-corrected chi connectivity index (χ2v) is 5.84. The van der Waals surface area contributed by atoms with Crippen LogP contribution >= 0.6 is 15.9 Å². The van der Waals surface area contributed by atoms with E-state index in [1.165, 1.54) is 4.74 Å². The number of nitrogens with zero attached hydrogens (tertiary/aromatic N) is 2. The standard InChI is InChI=1S/C16H11BrN2O4/c17-12-7-14-13(21-9-22-14)6-11(12)8-19-16(20)18-15(23-19)10-4-2-1-3-5-10/h1-7H,8-9H2. The van der Waals surface area contributed by atoms with Gasteiger partial charge in [0, 0.05) is 10.0 Å². The molecule has 4 rings (SSSR count). The van der Waals surface area contributed by atoms with E-state index in [2.05, 4.69) is 20.9 Å². The highest BCUT2D eigenvalue weighted by Crippen LogP contribution is 2.37. The van der Waals surface area contributed by atoms with Crippen LogP contribution in [0.5, 0.6) is 11.5 Å². The number of benzene rings is 2. The molecule has 0 saturated carbocycles. The van der Waals surface area contributed by atoms with Crippen molar-refractivity contribution in [3.05, 3.63) is 63.0 Å². The molecular weight excluding hydrogens is 364 g/mol. The first kappa shape index (κ1) is 14.1. The van der Waals surface area contributed by atoms with Crippen molar-refractivity contribution < 1.29 is 14.0 Å². The average molecular weight is 375 g/mol. The van der Waals surface area contributed by atoms with Crippen LogP contribution in [0.3, 0.4) is 0 Å². The second kappa shape index (κ2) is 5.58. The molecule has 23 heavy (non-hydrogen) atoms. The van der Waals surface area contributed by atoms with Crippen LogP contribution in [0, 0.1) is 0 Å². The normalized spacial score (nSPS) is 12.6. The highest BCUT2D eigenvalue weighted by atomic mass is 79.9. The van der Waals surface area contributed by atoms with Crippen LogP contribution in [-0.4, -0.2) is 16.5 Å². The van der Waals surface area contributed by atoms with E-state index in [-0.39, 0.29) is 13.3 Å². The maximum Gasteiger partial charge on any atom is 0.380 e. The number of hydrogen-bond acceptors (Lipinski definition) is 5. The van der Waals surface area contributed by atoms with Crippen molar-refractivity contribution in [2.45, 2.75) is 6.54 Å². The summed E-state index contributed by atoms with van der Waals surface area (Å²) in [6, 6.07) is 12.9. The number of hydrogen-bond donors (Lipinski definition) is 0. The van der Waals surface area contributed by atoms with E-state index in [9.17, 15) is 4.79 Å². The van der Waals surface area contributed by atoms with Crippen LogP contribution in [0.4, 0.5) is 0 Å². The summed E-state index contributed by atoms with van der Waals surface area (Å²) in [7, 11) is 0. The smallest absolute Gasteiger partial charge is 0.380 e. The number of halogens is 1. The van der Waals surface area contributed by atoms with Crippen LogP contribution in [0.15, 0.2) is 56.3 Å². The Labute approximate surface area is 139 Å². The van der Waals surface area contributed by atoms with Gasteiger partial charge in [0.25, 0.3) is 5.89 Å². The zero-order valence-corrected chi connectivity index (χ0v) is 13.4. The quantitative estimate of drug-likeness (QED) is 0.704. The van der Waals surface area contributed by atoms with Gasteiger partial charge in [-0.25, -0.2) is 4.79 Å². The van der Waals surface area contributed by atoms with Gasteiger partial charge in [0.1, 0.15) is 0 Å². The number of rotatable bonds is 3. The van der Waals surface area contributed by atoms with Gasteiger partial charge >= 0.3 is 5.69 Å². The Morgan fingerprint density at radius 3 is 2.65 bits per heavy atom. The molecule has 0 saturated heterocycles. The van der Waals surface area contributed by atoms with Gasteiger partial charge in [0.2, 0.25) is 6.79 Å². The molecule has 116 valence electrons. The van der Waals surface area contributed by atoms with Crippen molar-refractivity contribution in [1.29, 1.82) is 0 Å². The fraction of sp³-hybridized carbons (Fsp3) is 0.125. The molecule has 2 heterocycles. The summed E-state index contributed by atoms with van der Waals surface area (Å²) in [5.74, 6) is 1.63. The predicted molar refractivity (Wildman–Crippen MR) is 85.6 cm³/mol. The zero-order valence-electron chi connectivity index (χ0n) is 11.9. The second-order valence-electron chi connectivity index (χ2n) is 4.99. The van der Waals surface area contributed by atoms with E-state index in [0.29, 0.717) is 17.4 Å². The molecule has 1 aliphatic heterocycles. The molecule has 0 aliphatic carbocycles. The third-order valence-electron chi connectivity index (χ3n) is 3.48. The maximum absolute atomic E-state index is 12.0. The molecule has 0 fully saturated rings. The number of ether oxygens (including phenoxy) is 2. The van der Waals surface area contributed by atoms with Gasteiger partial charge in [-0.1, -0.05) is 34.1 Å². The molecule has 0 unspecified atom stereocenters. The van der Waals surface area contributed by atoms with Gasteiger partial charge in [0.15, 0.2) is 11.5 Å². The lowest BCUT2D eigenvalue weighted by molar-refractivity contribution is 0.174. The molecular formula is C16H11BrN2O4. The predicted octanol–water partition coefficient (Wildman–Crippen LogP) is 3.04. The lowest BCUT2D eigenvalue weighted by atomic mass is 10.2. The highest BCUT2D eigenvalue weighted by molar-refractivity contribution is 9.10. The Balaban J connectivity index is 1.68. The van der Waals surface area contributed by atoms with Crippen LogP contribution in [0.25, 0.3) is 11.5 Å².